The monoisotopic (exact) mass is 430 g/mol. The van der Waals surface area contributed by atoms with Crippen molar-refractivity contribution >= 4 is 31.6 Å². The lowest BCUT2D eigenvalue weighted by Crippen LogP contribution is -2.26. The van der Waals surface area contributed by atoms with Gasteiger partial charge in [-0.15, -0.1) is 11.3 Å². The largest absolute Gasteiger partial charge is 0.497 e. The Morgan fingerprint density at radius 2 is 1.74 bits per heavy atom. The predicted molar refractivity (Wildman–Crippen MR) is 121 cm³/mol. The van der Waals surface area contributed by atoms with Crippen molar-refractivity contribution in [3.8, 4) is 22.8 Å². The van der Waals surface area contributed by atoms with Crippen LogP contribution in [-0.2, 0) is 0 Å². The Hall–Kier alpha value is -3.84. The number of fused-ring (bicyclic) bond motifs is 2. The summed E-state index contributed by atoms with van der Waals surface area (Å²) in [6.45, 7) is 0. The van der Waals surface area contributed by atoms with Crippen LogP contribution in [0.15, 0.2) is 82.4 Å². The van der Waals surface area contributed by atoms with Gasteiger partial charge in [-0.3, -0.25) is 14.2 Å². The zero-order chi connectivity index (χ0) is 21.5. The highest BCUT2D eigenvalue weighted by Crippen LogP contribution is 2.27. The van der Waals surface area contributed by atoms with Crippen LogP contribution in [0.3, 0.4) is 0 Å². The van der Waals surface area contributed by atoms with Gasteiger partial charge in [-0.2, -0.15) is 0 Å². The minimum Gasteiger partial charge on any atom is -0.497 e. The van der Waals surface area contributed by atoms with Crippen molar-refractivity contribution in [2.45, 2.75) is 0 Å². The van der Waals surface area contributed by atoms with E-state index in [1.165, 1.54) is 34.1 Å². The van der Waals surface area contributed by atoms with Crippen LogP contribution in [-0.4, -0.2) is 16.7 Å². The Morgan fingerprint density at radius 1 is 0.968 bits per heavy atom. The lowest BCUT2D eigenvalue weighted by Gasteiger charge is -2.14. The summed E-state index contributed by atoms with van der Waals surface area (Å²) in [5, 5.41) is 0.451. The van der Waals surface area contributed by atoms with Crippen LogP contribution in [0.2, 0.25) is 0 Å². The van der Waals surface area contributed by atoms with E-state index in [0.717, 1.165) is 4.70 Å². The van der Waals surface area contributed by atoms with Gasteiger partial charge >= 0.3 is 0 Å². The number of rotatable bonds is 3. The lowest BCUT2D eigenvalue weighted by atomic mass is 10.1. The minimum atomic E-state index is -0.534. The number of hydrogen-bond donors (Lipinski definition) is 0. The molecule has 5 aromatic rings. The maximum atomic E-state index is 14.0. The van der Waals surface area contributed by atoms with Crippen molar-refractivity contribution in [2.75, 3.05) is 7.11 Å². The standard InChI is InChI=1S/C24H15FN2O3S/c1-30-17-11-9-14(10-12-17)22-26-23-20(21(28)18-7-2-3-8-19(18)31-23)24(29)27(22)16-6-4-5-15(25)13-16/h2-13H,1H3. The summed E-state index contributed by atoms with van der Waals surface area (Å²) < 4.78 is 21.3. The molecule has 0 fully saturated rings. The summed E-state index contributed by atoms with van der Waals surface area (Å²) in [6, 6.07) is 19.8. The molecule has 0 unspecified atom stereocenters. The number of aromatic nitrogens is 2. The second-order valence-corrected chi connectivity index (χ2v) is 7.92. The van der Waals surface area contributed by atoms with Crippen molar-refractivity contribution in [1.82, 2.24) is 9.55 Å². The van der Waals surface area contributed by atoms with E-state index < -0.39 is 11.4 Å². The van der Waals surface area contributed by atoms with Crippen LogP contribution in [0.5, 0.6) is 5.75 Å². The van der Waals surface area contributed by atoms with Crippen LogP contribution in [0.4, 0.5) is 4.39 Å². The number of benzene rings is 3. The van der Waals surface area contributed by atoms with E-state index in [4.69, 9.17) is 9.72 Å². The summed E-state index contributed by atoms with van der Waals surface area (Å²) in [5.74, 6) is 0.477. The molecule has 0 saturated heterocycles. The SMILES string of the molecule is COc1ccc(-c2nc3sc4ccccc4c(=O)c3c(=O)n2-c2cccc(F)c2)cc1. The number of hydrogen-bond acceptors (Lipinski definition) is 5. The van der Waals surface area contributed by atoms with E-state index in [9.17, 15) is 14.0 Å². The normalized spacial score (nSPS) is 11.2. The summed E-state index contributed by atoms with van der Waals surface area (Å²) in [5.41, 5.74) is 0.0151. The van der Waals surface area contributed by atoms with E-state index in [-0.39, 0.29) is 10.8 Å². The average Bonchev–Trinajstić information content (AvgIpc) is 2.79. The highest BCUT2D eigenvalue weighted by atomic mass is 32.1. The fourth-order valence-corrected chi connectivity index (χ4v) is 4.58. The quantitative estimate of drug-likeness (QED) is 0.387. The first kappa shape index (κ1) is 19.1. The van der Waals surface area contributed by atoms with Crippen molar-refractivity contribution in [1.29, 1.82) is 0 Å². The molecule has 5 nitrogen and oxygen atoms in total. The number of methoxy groups -OCH3 is 1. The third-order valence-electron chi connectivity index (χ3n) is 5.03. The molecule has 0 aliphatic heterocycles. The van der Waals surface area contributed by atoms with Crippen LogP contribution in [0.1, 0.15) is 0 Å². The van der Waals surface area contributed by atoms with Crippen molar-refractivity contribution in [3.05, 3.63) is 99.2 Å². The first-order chi connectivity index (χ1) is 15.1. The second kappa shape index (κ2) is 7.45. The molecule has 0 spiro atoms. The molecule has 0 atom stereocenters. The van der Waals surface area contributed by atoms with Crippen LogP contribution < -0.4 is 15.7 Å². The zero-order valence-electron chi connectivity index (χ0n) is 16.3. The van der Waals surface area contributed by atoms with Gasteiger partial charge in [-0.1, -0.05) is 18.2 Å². The number of ether oxygens (including phenoxy) is 1. The van der Waals surface area contributed by atoms with Crippen LogP contribution >= 0.6 is 11.3 Å². The van der Waals surface area contributed by atoms with E-state index >= 15 is 0 Å². The highest BCUT2D eigenvalue weighted by molar-refractivity contribution is 7.24. The van der Waals surface area contributed by atoms with E-state index in [2.05, 4.69) is 0 Å². The van der Waals surface area contributed by atoms with Gasteiger partial charge in [0.05, 0.1) is 12.8 Å². The molecule has 152 valence electrons. The smallest absolute Gasteiger partial charge is 0.271 e. The van der Waals surface area contributed by atoms with Crippen molar-refractivity contribution < 1.29 is 9.13 Å². The maximum Gasteiger partial charge on any atom is 0.271 e. The Morgan fingerprint density at radius 3 is 2.48 bits per heavy atom. The molecule has 0 bridgehead atoms. The Labute approximate surface area is 179 Å². The lowest BCUT2D eigenvalue weighted by molar-refractivity contribution is 0.415. The molecule has 0 saturated carbocycles. The van der Waals surface area contributed by atoms with E-state index in [1.807, 2.05) is 12.1 Å². The molecule has 0 amide bonds. The molecule has 0 N–H and O–H groups in total. The van der Waals surface area contributed by atoms with Crippen molar-refractivity contribution in [2.24, 2.45) is 0 Å². The molecular formula is C24H15FN2O3S. The molecular weight excluding hydrogens is 415 g/mol. The van der Waals surface area contributed by atoms with E-state index in [0.29, 0.717) is 33.0 Å². The first-order valence-electron chi connectivity index (χ1n) is 9.46. The highest BCUT2D eigenvalue weighted by Gasteiger charge is 2.19. The summed E-state index contributed by atoms with van der Waals surface area (Å²) in [4.78, 5) is 31.8. The Bertz CT molecular complexity index is 1570. The summed E-state index contributed by atoms with van der Waals surface area (Å²) >= 11 is 1.28. The molecule has 0 aliphatic carbocycles. The minimum absolute atomic E-state index is 0.00905. The van der Waals surface area contributed by atoms with Gasteiger partial charge in [0.2, 0.25) is 5.43 Å². The third-order valence-corrected chi connectivity index (χ3v) is 6.09. The van der Waals surface area contributed by atoms with E-state index in [1.54, 1.807) is 49.6 Å². The molecule has 0 radical (unpaired) electrons. The van der Waals surface area contributed by atoms with Gasteiger partial charge in [0.25, 0.3) is 5.56 Å². The number of nitrogens with zero attached hydrogens (tertiary/aromatic N) is 2. The van der Waals surface area contributed by atoms with Crippen molar-refractivity contribution in [3.63, 3.8) is 0 Å². The molecule has 5 rings (SSSR count). The second-order valence-electron chi connectivity index (χ2n) is 6.89. The molecule has 2 aromatic heterocycles. The van der Waals surface area contributed by atoms with Gasteiger partial charge in [-0.25, -0.2) is 9.37 Å². The Balaban J connectivity index is 1.93. The molecule has 2 heterocycles. The molecule has 0 aliphatic rings. The maximum absolute atomic E-state index is 14.0. The molecule has 31 heavy (non-hydrogen) atoms. The van der Waals surface area contributed by atoms with Gasteiger partial charge in [-0.05, 0) is 54.6 Å². The molecule has 7 heteroatoms. The topological polar surface area (TPSA) is 61.2 Å². The zero-order valence-corrected chi connectivity index (χ0v) is 17.2. The summed E-state index contributed by atoms with van der Waals surface area (Å²) in [7, 11) is 1.56. The fraction of sp³-hybridized carbons (Fsp3) is 0.0417. The predicted octanol–water partition coefficient (Wildman–Crippen LogP) is 4.78. The van der Waals surface area contributed by atoms with Gasteiger partial charge < -0.3 is 4.74 Å². The fourth-order valence-electron chi connectivity index (χ4n) is 3.54. The molecule has 3 aromatic carbocycles. The van der Waals surface area contributed by atoms with Gasteiger partial charge in [0.1, 0.15) is 27.6 Å². The summed E-state index contributed by atoms with van der Waals surface area (Å²) in [6.07, 6.45) is 0. The van der Waals surface area contributed by atoms with Crippen LogP contribution in [0, 0.1) is 5.82 Å². The Kier molecular flexibility index (Phi) is 4.60. The number of halogens is 1. The van der Waals surface area contributed by atoms with Gasteiger partial charge in [0, 0.05) is 15.6 Å². The third kappa shape index (κ3) is 3.19. The van der Waals surface area contributed by atoms with Gasteiger partial charge in [0.15, 0.2) is 0 Å². The first-order valence-corrected chi connectivity index (χ1v) is 10.3. The average molecular weight is 430 g/mol. The van der Waals surface area contributed by atoms with Crippen LogP contribution in [0.25, 0.3) is 37.4 Å².